The van der Waals surface area contributed by atoms with Crippen molar-refractivity contribution in [2.24, 2.45) is 0 Å². The van der Waals surface area contributed by atoms with Gasteiger partial charge in [0.2, 0.25) is 0 Å². The van der Waals surface area contributed by atoms with Gasteiger partial charge in [-0.3, -0.25) is 0 Å². The van der Waals surface area contributed by atoms with Gasteiger partial charge >= 0.3 is 0 Å². The predicted molar refractivity (Wildman–Crippen MR) is 240 cm³/mol. The Hall–Kier alpha value is -6.74. The SMILES string of the molecule is Cc1cc(-c2ccccc2)ccc1N(c1ccc(-c2ccccc2)cc1)c1cc2sc3c(ccc4c5ccccc5c5ccccc5c43)c2c2ccccc12. The first kappa shape index (κ1) is 31.8. The molecule has 1 aromatic heterocycles. The molecule has 0 unspecified atom stereocenters. The summed E-state index contributed by atoms with van der Waals surface area (Å²) in [5.74, 6) is 0. The molecule has 0 saturated carbocycles. The first-order valence-electron chi connectivity index (χ1n) is 18.9. The number of hydrogen-bond donors (Lipinski definition) is 0. The molecule has 0 atom stereocenters. The van der Waals surface area contributed by atoms with E-state index in [4.69, 9.17) is 0 Å². The summed E-state index contributed by atoms with van der Waals surface area (Å²) in [4.78, 5) is 2.48. The maximum Gasteiger partial charge on any atom is 0.0554 e. The van der Waals surface area contributed by atoms with E-state index in [-0.39, 0.29) is 0 Å². The molecule has 11 aromatic rings. The van der Waals surface area contributed by atoms with Gasteiger partial charge in [-0.1, -0.05) is 164 Å². The van der Waals surface area contributed by atoms with E-state index in [1.807, 2.05) is 11.3 Å². The first-order chi connectivity index (χ1) is 27.2. The second-order valence-corrected chi connectivity index (χ2v) is 15.5. The largest absolute Gasteiger partial charge is 0.310 e. The van der Waals surface area contributed by atoms with Crippen LogP contribution in [0.1, 0.15) is 5.56 Å². The fraction of sp³-hybridized carbons (Fsp3) is 0.0189. The summed E-state index contributed by atoms with van der Waals surface area (Å²) in [6, 6.07) is 71.3. The molecule has 0 saturated heterocycles. The Bertz CT molecular complexity index is 3220. The van der Waals surface area contributed by atoms with Crippen molar-refractivity contribution in [3.63, 3.8) is 0 Å². The Kier molecular flexibility index (Phi) is 7.33. The minimum atomic E-state index is 1.13. The molecule has 1 nitrogen and oxygen atoms in total. The molecule has 2 heteroatoms. The summed E-state index contributed by atoms with van der Waals surface area (Å²) in [7, 11) is 0. The van der Waals surface area contributed by atoms with E-state index in [1.54, 1.807) is 0 Å². The third-order valence-electron chi connectivity index (χ3n) is 11.3. The highest BCUT2D eigenvalue weighted by Crippen LogP contribution is 2.50. The zero-order chi connectivity index (χ0) is 36.5. The lowest BCUT2D eigenvalue weighted by Gasteiger charge is -2.29. The highest BCUT2D eigenvalue weighted by atomic mass is 32.1. The average molecular weight is 718 g/mol. The zero-order valence-electron chi connectivity index (χ0n) is 30.3. The van der Waals surface area contributed by atoms with Crippen LogP contribution in [0.15, 0.2) is 194 Å². The topological polar surface area (TPSA) is 3.24 Å². The second kappa shape index (κ2) is 12.7. The van der Waals surface area contributed by atoms with Crippen LogP contribution >= 0.6 is 11.3 Å². The van der Waals surface area contributed by atoms with E-state index in [2.05, 4.69) is 206 Å². The lowest BCUT2D eigenvalue weighted by molar-refractivity contribution is 1.26. The Labute approximate surface area is 324 Å². The number of rotatable bonds is 5. The van der Waals surface area contributed by atoms with Crippen molar-refractivity contribution in [1.82, 2.24) is 0 Å². The highest BCUT2D eigenvalue weighted by Gasteiger charge is 2.22. The molecule has 1 heterocycles. The fourth-order valence-corrected chi connectivity index (χ4v) is 10.1. The number of anilines is 3. The quantitative estimate of drug-likeness (QED) is 0.160. The van der Waals surface area contributed by atoms with Gasteiger partial charge in [0.05, 0.1) is 5.69 Å². The smallest absolute Gasteiger partial charge is 0.0554 e. The summed E-state index contributed by atoms with van der Waals surface area (Å²) in [6.45, 7) is 2.24. The summed E-state index contributed by atoms with van der Waals surface area (Å²) >= 11 is 1.93. The molecule has 0 fully saturated rings. The molecule has 0 radical (unpaired) electrons. The van der Waals surface area contributed by atoms with Crippen LogP contribution < -0.4 is 4.90 Å². The molecule has 0 aliphatic heterocycles. The maximum absolute atomic E-state index is 2.48. The molecular weight excluding hydrogens is 683 g/mol. The predicted octanol–water partition coefficient (Wildman–Crippen LogP) is 15.8. The molecule has 0 spiro atoms. The summed E-state index contributed by atoms with van der Waals surface area (Å²) in [5.41, 5.74) is 9.56. The van der Waals surface area contributed by atoms with E-state index < -0.39 is 0 Å². The van der Waals surface area contributed by atoms with Crippen LogP contribution in [0.4, 0.5) is 17.1 Å². The average Bonchev–Trinajstić information content (AvgIpc) is 3.64. The van der Waals surface area contributed by atoms with Gasteiger partial charge in [-0.15, -0.1) is 11.3 Å². The Morgan fingerprint density at radius 1 is 0.345 bits per heavy atom. The summed E-state index contributed by atoms with van der Waals surface area (Å²) in [6.07, 6.45) is 0. The van der Waals surface area contributed by atoms with E-state index in [9.17, 15) is 0 Å². The standard InChI is InChI=1S/C53H35NS/c1-34-32-38(36-16-6-3-7-17-36)26-31-48(34)54(39-27-24-37(25-28-39)35-14-4-2-5-15-35)49-33-50-51(45-23-13-11-21-43(45)49)47-30-29-46-42-20-9-8-18-40(42)41-19-10-12-22-44(41)52(46)53(47)55-50/h2-33H,1H3. The Balaban J connectivity index is 1.19. The molecule has 0 N–H and O–H groups in total. The zero-order valence-corrected chi connectivity index (χ0v) is 31.1. The van der Waals surface area contributed by atoms with Crippen molar-refractivity contribution in [2.45, 2.75) is 6.92 Å². The van der Waals surface area contributed by atoms with E-state index >= 15 is 0 Å². The number of fused-ring (bicyclic) bond motifs is 12. The number of thiophene rings is 1. The van der Waals surface area contributed by atoms with Crippen molar-refractivity contribution < 1.29 is 0 Å². The van der Waals surface area contributed by atoms with Crippen LogP contribution in [0.25, 0.3) is 85.5 Å². The Morgan fingerprint density at radius 3 is 1.45 bits per heavy atom. The van der Waals surface area contributed by atoms with E-state index in [1.165, 1.54) is 102 Å². The third kappa shape index (κ3) is 5.06. The van der Waals surface area contributed by atoms with Gasteiger partial charge in [0.25, 0.3) is 0 Å². The lowest BCUT2D eigenvalue weighted by atomic mass is 9.92. The van der Waals surface area contributed by atoms with Crippen molar-refractivity contribution in [1.29, 1.82) is 0 Å². The van der Waals surface area contributed by atoms with E-state index in [0.717, 1.165) is 5.69 Å². The van der Waals surface area contributed by atoms with Gasteiger partial charge in [0, 0.05) is 42.3 Å². The first-order valence-corrected chi connectivity index (χ1v) is 19.7. The van der Waals surface area contributed by atoms with Crippen molar-refractivity contribution in [3.05, 3.63) is 200 Å². The molecule has 11 rings (SSSR count). The van der Waals surface area contributed by atoms with Crippen molar-refractivity contribution in [2.75, 3.05) is 4.90 Å². The molecule has 258 valence electrons. The van der Waals surface area contributed by atoms with Gasteiger partial charge in [-0.25, -0.2) is 0 Å². The minimum absolute atomic E-state index is 1.13. The van der Waals surface area contributed by atoms with Gasteiger partial charge in [-0.2, -0.15) is 0 Å². The Morgan fingerprint density at radius 2 is 0.818 bits per heavy atom. The summed E-state index contributed by atoms with van der Waals surface area (Å²) in [5, 5.41) is 13.0. The normalized spacial score (nSPS) is 11.7. The van der Waals surface area contributed by atoms with Crippen LogP contribution in [0.3, 0.4) is 0 Å². The molecule has 0 aliphatic rings. The molecule has 55 heavy (non-hydrogen) atoms. The van der Waals surface area contributed by atoms with Gasteiger partial charge < -0.3 is 4.90 Å². The number of nitrogens with zero attached hydrogens (tertiary/aromatic N) is 1. The molecule has 0 aliphatic carbocycles. The highest BCUT2D eigenvalue weighted by molar-refractivity contribution is 7.27. The van der Waals surface area contributed by atoms with Crippen LogP contribution in [0.5, 0.6) is 0 Å². The lowest BCUT2D eigenvalue weighted by Crippen LogP contribution is -2.12. The molecule has 0 amide bonds. The van der Waals surface area contributed by atoms with Crippen LogP contribution in [-0.4, -0.2) is 0 Å². The van der Waals surface area contributed by atoms with Gasteiger partial charge in [0.1, 0.15) is 0 Å². The van der Waals surface area contributed by atoms with Gasteiger partial charge in [0.15, 0.2) is 0 Å². The van der Waals surface area contributed by atoms with Crippen molar-refractivity contribution >= 4 is 91.7 Å². The molecule has 10 aromatic carbocycles. The number of hydrogen-bond acceptors (Lipinski definition) is 2. The molecular formula is C53H35NS. The third-order valence-corrected chi connectivity index (χ3v) is 12.5. The minimum Gasteiger partial charge on any atom is -0.310 e. The molecule has 0 bridgehead atoms. The number of benzene rings is 10. The monoisotopic (exact) mass is 717 g/mol. The van der Waals surface area contributed by atoms with E-state index in [0.29, 0.717) is 0 Å². The maximum atomic E-state index is 2.48. The summed E-state index contributed by atoms with van der Waals surface area (Å²) < 4.78 is 2.64. The van der Waals surface area contributed by atoms with Crippen LogP contribution in [0.2, 0.25) is 0 Å². The number of aryl methyl sites for hydroxylation is 1. The van der Waals surface area contributed by atoms with Crippen LogP contribution in [-0.2, 0) is 0 Å². The van der Waals surface area contributed by atoms with Gasteiger partial charge in [-0.05, 0) is 97.4 Å². The van der Waals surface area contributed by atoms with Crippen molar-refractivity contribution in [3.8, 4) is 22.3 Å². The van der Waals surface area contributed by atoms with Crippen LogP contribution in [0, 0.1) is 6.92 Å². The fourth-order valence-electron chi connectivity index (χ4n) is 8.81. The second-order valence-electron chi connectivity index (χ2n) is 14.5.